The third-order valence-corrected chi connectivity index (χ3v) is 4.27. The summed E-state index contributed by atoms with van der Waals surface area (Å²) >= 11 is 6.04. The molecule has 1 aliphatic carbocycles. The zero-order chi connectivity index (χ0) is 17.7. The van der Waals surface area contributed by atoms with Gasteiger partial charge in [-0.3, -0.25) is 14.5 Å². The van der Waals surface area contributed by atoms with Crippen molar-refractivity contribution in [1.82, 2.24) is 14.9 Å². The van der Waals surface area contributed by atoms with Crippen molar-refractivity contribution in [2.75, 3.05) is 13.2 Å². The van der Waals surface area contributed by atoms with E-state index in [-0.39, 0.29) is 41.1 Å². The standard InChI is InChI=1S/C16H9ClFN3O4/c17-9-12(21-5-6-25-16(21)24)14(23)11-10(13(9)22)19-15(20-11)7-1-3-8(18)4-2-7/h1-4H,5-6H2,(H,19,20). The average Bonchev–Trinajstić information content (AvgIpc) is 3.21. The number of aromatic amines is 1. The van der Waals surface area contributed by atoms with Gasteiger partial charge < -0.3 is 9.72 Å². The molecule has 1 amide bonds. The second-order valence-electron chi connectivity index (χ2n) is 5.40. The second kappa shape index (κ2) is 5.52. The minimum absolute atomic E-state index is 0.0642. The van der Waals surface area contributed by atoms with Gasteiger partial charge in [0.25, 0.3) is 0 Å². The highest BCUT2D eigenvalue weighted by atomic mass is 35.5. The smallest absolute Gasteiger partial charge is 0.414 e. The lowest BCUT2D eigenvalue weighted by Gasteiger charge is -2.20. The number of halogens is 2. The summed E-state index contributed by atoms with van der Waals surface area (Å²) in [6.45, 7) is 0.218. The number of hydrogen-bond acceptors (Lipinski definition) is 5. The first kappa shape index (κ1) is 15.5. The van der Waals surface area contributed by atoms with Crippen molar-refractivity contribution in [3.63, 3.8) is 0 Å². The highest BCUT2D eigenvalue weighted by Crippen LogP contribution is 2.32. The molecule has 1 fully saturated rings. The Morgan fingerprint density at radius 3 is 2.52 bits per heavy atom. The van der Waals surface area contributed by atoms with E-state index in [1.54, 1.807) is 0 Å². The SMILES string of the molecule is O=C1C(N2CCOC2=O)=C(Cl)C(=O)c2[nH]c(-c3ccc(F)cc3)nc21. The first-order valence-corrected chi connectivity index (χ1v) is 7.64. The van der Waals surface area contributed by atoms with Crippen LogP contribution in [0.25, 0.3) is 11.4 Å². The van der Waals surface area contributed by atoms with E-state index < -0.39 is 23.5 Å². The van der Waals surface area contributed by atoms with Gasteiger partial charge in [-0.2, -0.15) is 0 Å². The lowest BCUT2D eigenvalue weighted by Crippen LogP contribution is -2.34. The van der Waals surface area contributed by atoms with Gasteiger partial charge in [0.2, 0.25) is 11.6 Å². The van der Waals surface area contributed by atoms with Gasteiger partial charge in [-0.25, -0.2) is 14.2 Å². The molecule has 1 aliphatic heterocycles. The number of Topliss-reactive ketones (excluding diaryl/α,β-unsaturated/α-hetero) is 2. The normalized spacial score (nSPS) is 17.2. The van der Waals surface area contributed by atoms with Crippen molar-refractivity contribution in [3.8, 4) is 11.4 Å². The van der Waals surface area contributed by atoms with Gasteiger partial charge in [0, 0.05) is 5.56 Å². The van der Waals surface area contributed by atoms with Gasteiger partial charge in [-0.1, -0.05) is 11.6 Å². The summed E-state index contributed by atoms with van der Waals surface area (Å²) in [4.78, 5) is 44.8. The lowest BCUT2D eigenvalue weighted by molar-refractivity contribution is 0.0948. The Morgan fingerprint density at radius 1 is 1.16 bits per heavy atom. The Labute approximate surface area is 145 Å². The summed E-state index contributed by atoms with van der Waals surface area (Å²) in [6, 6.07) is 5.39. The summed E-state index contributed by atoms with van der Waals surface area (Å²) in [5.41, 5.74) is 0.0579. The van der Waals surface area contributed by atoms with Crippen LogP contribution >= 0.6 is 11.6 Å². The molecule has 0 radical (unpaired) electrons. The van der Waals surface area contributed by atoms with Gasteiger partial charge in [0.05, 0.1) is 6.54 Å². The summed E-state index contributed by atoms with van der Waals surface area (Å²) < 4.78 is 17.8. The number of rotatable bonds is 2. The number of H-pyrrole nitrogens is 1. The van der Waals surface area contributed by atoms with Crippen LogP contribution in [-0.2, 0) is 4.74 Å². The zero-order valence-corrected chi connectivity index (χ0v) is 13.3. The Kier molecular flexibility index (Phi) is 3.43. The number of ether oxygens (including phenoxy) is 1. The zero-order valence-electron chi connectivity index (χ0n) is 12.5. The van der Waals surface area contributed by atoms with E-state index in [4.69, 9.17) is 16.3 Å². The summed E-state index contributed by atoms with van der Waals surface area (Å²) in [7, 11) is 0. The number of amides is 1. The van der Waals surface area contributed by atoms with Gasteiger partial charge in [0.15, 0.2) is 0 Å². The molecular formula is C16H9ClFN3O4. The molecule has 2 aromatic rings. The van der Waals surface area contributed by atoms with E-state index in [2.05, 4.69) is 9.97 Å². The van der Waals surface area contributed by atoms with Crippen LogP contribution in [0.5, 0.6) is 0 Å². The summed E-state index contributed by atoms with van der Waals surface area (Å²) in [5.74, 6) is -1.50. The van der Waals surface area contributed by atoms with Crippen LogP contribution in [0.4, 0.5) is 9.18 Å². The van der Waals surface area contributed by atoms with Crippen molar-refractivity contribution in [2.45, 2.75) is 0 Å². The molecule has 0 unspecified atom stereocenters. The second-order valence-corrected chi connectivity index (χ2v) is 5.78. The number of aromatic nitrogens is 2. The molecule has 1 saturated heterocycles. The summed E-state index contributed by atoms with van der Waals surface area (Å²) in [5, 5.41) is -0.370. The van der Waals surface area contributed by atoms with Crippen molar-refractivity contribution in [1.29, 1.82) is 0 Å². The number of cyclic esters (lactones) is 1. The quantitative estimate of drug-likeness (QED) is 0.887. The predicted molar refractivity (Wildman–Crippen MR) is 83.6 cm³/mol. The van der Waals surface area contributed by atoms with E-state index in [9.17, 15) is 18.8 Å². The fourth-order valence-corrected chi connectivity index (χ4v) is 3.00. The van der Waals surface area contributed by atoms with E-state index >= 15 is 0 Å². The molecule has 2 aliphatic rings. The molecule has 0 bridgehead atoms. The predicted octanol–water partition coefficient (Wildman–Crippen LogP) is 2.50. The third kappa shape index (κ3) is 2.33. The summed E-state index contributed by atoms with van der Waals surface area (Å²) in [6.07, 6.45) is -0.743. The molecular weight excluding hydrogens is 353 g/mol. The highest BCUT2D eigenvalue weighted by Gasteiger charge is 2.41. The fraction of sp³-hybridized carbons (Fsp3) is 0.125. The molecule has 9 heteroatoms. The number of benzene rings is 1. The van der Waals surface area contributed by atoms with Crippen LogP contribution in [0.1, 0.15) is 21.0 Å². The van der Waals surface area contributed by atoms with Crippen molar-refractivity contribution < 1.29 is 23.5 Å². The number of ketones is 2. The fourth-order valence-electron chi connectivity index (χ4n) is 2.71. The van der Waals surface area contributed by atoms with E-state index in [0.29, 0.717) is 5.56 Å². The van der Waals surface area contributed by atoms with Crippen LogP contribution in [0.3, 0.4) is 0 Å². The first-order valence-electron chi connectivity index (χ1n) is 7.27. The molecule has 25 heavy (non-hydrogen) atoms. The minimum atomic E-state index is -0.743. The molecule has 1 aromatic heterocycles. The topological polar surface area (TPSA) is 92.4 Å². The third-order valence-electron chi connectivity index (χ3n) is 3.92. The first-order chi connectivity index (χ1) is 12.0. The largest absolute Gasteiger partial charge is 0.447 e. The molecule has 4 rings (SSSR count). The minimum Gasteiger partial charge on any atom is -0.447 e. The Balaban J connectivity index is 1.79. The number of nitrogens with zero attached hydrogens (tertiary/aromatic N) is 2. The maximum absolute atomic E-state index is 13.1. The van der Waals surface area contributed by atoms with E-state index in [1.807, 2.05) is 0 Å². The molecule has 7 nitrogen and oxygen atoms in total. The Morgan fingerprint density at radius 2 is 1.88 bits per heavy atom. The molecule has 2 heterocycles. The maximum Gasteiger partial charge on any atom is 0.414 e. The van der Waals surface area contributed by atoms with Gasteiger partial charge in [-0.15, -0.1) is 0 Å². The molecule has 126 valence electrons. The highest BCUT2D eigenvalue weighted by molar-refractivity contribution is 6.49. The molecule has 1 aromatic carbocycles. The number of imidazole rings is 1. The number of hydrogen-bond donors (Lipinski definition) is 1. The molecule has 0 atom stereocenters. The average molecular weight is 362 g/mol. The van der Waals surface area contributed by atoms with Crippen LogP contribution in [0, 0.1) is 5.82 Å². The Hall–Kier alpha value is -3.00. The number of allylic oxidation sites excluding steroid dienone is 2. The van der Waals surface area contributed by atoms with E-state index in [0.717, 1.165) is 4.90 Å². The Bertz CT molecular complexity index is 964. The number of fused-ring (bicyclic) bond motifs is 1. The monoisotopic (exact) mass is 361 g/mol. The lowest BCUT2D eigenvalue weighted by atomic mass is 10.0. The maximum atomic E-state index is 13.1. The van der Waals surface area contributed by atoms with Gasteiger partial charge in [-0.05, 0) is 24.3 Å². The van der Waals surface area contributed by atoms with Crippen LogP contribution in [-0.4, -0.2) is 45.7 Å². The number of carbonyl (C=O) groups excluding carboxylic acids is 3. The molecule has 1 N–H and O–H groups in total. The number of carbonyl (C=O) groups is 3. The molecule has 0 saturated carbocycles. The van der Waals surface area contributed by atoms with Crippen molar-refractivity contribution >= 4 is 29.3 Å². The van der Waals surface area contributed by atoms with Crippen molar-refractivity contribution in [3.05, 3.63) is 52.2 Å². The van der Waals surface area contributed by atoms with Gasteiger partial charge >= 0.3 is 6.09 Å². The number of nitrogens with one attached hydrogen (secondary N) is 1. The van der Waals surface area contributed by atoms with Crippen LogP contribution in [0.15, 0.2) is 35.0 Å². The van der Waals surface area contributed by atoms with Crippen LogP contribution < -0.4 is 0 Å². The van der Waals surface area contributed by atoms with Crippen LogP contribution in [0.2, 0.25) is 0 Å². The van der Waals surface area contributed by atoms with Crippen molar-refractivity contribution in [2.24, 2.45) is 0 Å². The van der Waals surface area contributed by atoms with E-state index in [1.165, 1.54) is 24.3 Å². The van der Waals surface area contributed by atoms with Gasteiger partial charge in [0.1, 0.15) is 40.4 Å². The molecule has 0 spiro atoms.